The van der Waals surface area contributed by atoms with Gasteiger partial charge < -0.3 is 14.2 Å². The van der Waals surface area contributed by atoms with Crippen molar-refractivity contribution >= 4 is 27.8 Å². The van der Waals surface area contributed by atoms with E-state index in [9.17, 15) is 14.0 Å². The lowest BCUT2D eigenvalue weighted by Gasteiger charge is -2.24. The van der Waals surface area contributed by atoms with Gasteiger partial charge >= 0.3 is 21.1 Å². The smallest absolute Gasteiger partial charge is 0.320 e. The number of thioether (sulfide) groups is 1. The quantitative estimate of drug-likeness (QED) is 0.144. The molecule has 0 aromatic carbocycles. The van der Waals surface area contributed by atoms with Crippen LogP contribution in [0.15, 0.2) is 11.5 Å². The zero-order valence-electron chi connectivity index (χ0n) is 18.9. The van der Waals surface area contributed by atoms with Gasteiger partial charge in [-0.05, 0) is 37.9 Å². The van der Waals surface area contributed by atoms with Crippen LogP contribution in [0.3, 0.4) is 0 Å². The average Bonchev–Trinajstić information content (AvgIpc) is 2.70. The molecule has 172 valence electrons. The molecular formula is C21H43O5P2S+. The van der Waals surface area contributed by atoms with E-state index >= 15 is 0 Å². The first kappa shape index (κ1) is 29.3. The second kappa shape index (κ2) is 17.9. The van der Waals surface area contributed by atoms with Crippen molar-refractivity contribution in [3.05, 3.63) is 11.5 Å². The monoisotopic (exact) mass is 469 g/mol. The van der Waals surface area contributed by atoms with Gasteiger partial charge in [-0.1, -0.05) is 76.2 Å². The summed E-state index contributed by atoms with van der Waals surface area (Å²) in [7, 11) is -5.35. The molecule has 0 aliphatic carbocycles. The summed E-state index contributed by atoms with van der Waals surface area (Å²) in [5.74, 6) is 0.930. The molecule has 5 nitrogen and oxygen atoms in total. The van der Waals surface area contributed by atoms with Gasteiger partial charge in [0, 0.05) is 6.08 Å². The van der Waals surface area contributed by atoms with E-state index in [2.05, 4.69) is 6.92 Å². The van der Waals surface area contributed by atoms with Crippen molar-refractivity contribution < 1.29 is 23.3 Å². The maximum Gasteiger partial charge on any atom is 0.414 e. The van der Waals surface area contributed by atoms with E-state index in [1.807, 2.05) is 6.92 Å². The van der Waals surface area contributed by atoms with Gasteiger partial charge in [-0.3, -0.25) is 4.57 Å². The Balaban J connectivity index is 4.26. The van der Waals surface area contributed by atoms with Crippen LogP contribution in [0.25, 0.3) is 0 Å². The Labute approximate surface area is 184 Å². The van der Waals surface area contributed by atoms with E-state index in [1.54, 1.807) is 31.0 Å². The molecule has 0 saturated heterocycles. The van der Waals surface area contributed by atoms with Gasteiger partial charge in [0.1, 0.15) is 0 Å². The molecule has 0 spiro atoms. The maximum atomic E-state index is 12.7. The number of rotatable bonds is 20. The molecule has 4 atom stereocenters. The summed E-state index contributed by atoms with van der Waals surface area (Å²) < 4.78 is 35.3. The highest BCUT2D eigenvalue weighted by Crippen LogP contribution is 2.63. The van der Waals surface area contributed by atoms with Crippen LogP contribution in [-0.2, 0) is 18.4 Å². The molecule has 0 heterocycles. The Kier molecular flexibility index (Phi) is 18.1. The Hall–Kier alpha value is 0.300. The number of ether oxygens (including phenoxy) is 1. The van der Waals surface area contributed by atoms with Crippen LogP contribution in [0, 0.1) is 0 Å². The summed E-state index contributed by atoms with van der Waals surface area (Å²) in [4.78, 5) is 10.4. The highest BCUT2D eigenvalue weighted by molar-refractivity contribution is 8.02. The average molecular weight is 470 g/mol. The van der Waals surface area contributed by atoms with Crippen LogP contribution < -0.4 is 0 Å². The molecule has 1 N–H and O–H groups in total. The minimum Gasteiger partial charge on any atom is -0.320 e. The van der Waals surface area contributed by atoms with Crippen molar-refractivity contribution in [3.8, 4) is 0 Å². The topological polar surface area (TPSA) is 72.8 Å². The lowest BCUT2D eigenvalue weighted by molar-refractivity contribution is 0.0776. The third kappa shape index (κ3) is 12.7. The SMILES string of the molecule is CCCCCCCCCCCCSC=CC(OCC)([PH+]=O)P(=O)(O)OC(C)CC. The van der Waals surface area contributed by atoms with Gasteiger partial charge in [0.25, 0.3) is 0 Å². The lowest BCUT2D eigenvalue weighted by Crippen LogP contribution is -2.26. The third-order valence-electron chi connectivity index (χ3n) is 4.83. The second-order valence-electron chi connectivity index (χ2n) is 7.43. The van der Waals surface area contributed by atoms with E-state index in [0.29, 0.717) is 6.42 Å². The Morgan fingerprint density at radius 1 is 1.03 bits per heavy atom. The van der Waals surface area contributed by atoms with E-state index in [-0.39, 0.29) is 6.61 Å². The highest BCUT2D eigenvalue weighted by atomic mass is 32.2. The lowest BCUT2D eigenvalue weighted by atomic mass is 10.1. The minimum absolute atomic E-state index is 0.178. The Morgan fingerprint density at radius 3 is 2.07 bits per heavy atom. The fourth-order valence-electron chi connectivity index (χ4n) is 2.84. The molecule has 8 heteroatoms. The minimum atomic E-state index is -4.23. The van der Waals surface area contributed by atoms with Gasteiger partial charge in [0.15, 0.2) is 0 Å². The van der Waals surface area contributed by atoms with Crippen LogP contribution in [0.1, 0.15) is 98.3 Å². The Bertz CT molecular complexity index is 490. The molecule has 0 fully saturated rings. The fourth-order valence-corrected chi connectivity index (χ4v) is 6.18. The molecule has 0 aromatic rings. The first-order valence-corrected chi connectivity index (χ1v) is 14.8. The number of hydrogen-bond donors (Lipinski definition) is 1. The van der Waals surface area contributed by atoms with E-state index in [0.717, 1.165) is 12.2 Å². The first-order valence-electron chi connectivity index (χ1n) is 11.2. The molecule has 0 rings (SSSR count). The van der Waals surface area contributed by atoms with Crippen LogP contribution in [0.2, 0.25) is 0 Å². The summed E-state index contributed by atoms with van der Waals surface area (Å²) in [6.45, 7) is 7.72. The summed E-state index contributed by atoms with van der Waals surface area (Å²) in [5, 5.41) is -0.0485. The van der Waals surface area contributed by atoms with Crippen molar-refractivity contribution in [1.29, 1.82) is 0 Å². The van der Waals surface area contributed by atoms with Crippen molar-refractivity contribution in [2.24, 2.45) is 0 Å². The molecule has 4 unspecified atom stereocenters. The van der Waals surface area contributed by atoms with E-state index in [1.165, 1.54) is 63.9 Å². The maximum absolute atomic E-state index is 12.7. The molecule has 0 aliphatic rings. The predicted molar refractivity (Wildman–Crippen MR) is 127 cm³/mol. The van der Waals surface area contributed by atoms with Crippen LogP contribution in [0.4, 0.5) is 0 Å². The van der Waals surface area contributed by atoms with Gasteiger partial charge in [-0.15, -0.1) is 11.8 Å². The Morgan fingerprint density at radius 2 is 1.59 bits per heavy atom. The third-order valence-corrected chi connectivity index (χ3v) is 9.18. The van der Waals surface area contributed by atoms with Crippen LogP contribution in [-0.4, -0.2) is 28.4 Å². The standard InChI is InChI=1S/C21H42O5P2S/c1-5-8-9-10-11-12-13-14-15-16-18-29-19-17-21(27-22,25-7-3)28(23,24)26-20(4)6-2/h17,19-20H,5-16,18H2,1-4H3,(H,23,24)/p+1. The van der Waals surface area contributed by atoms with Crippen molar-refractivity contribution in [1.82, 2.24) is 0 Å². The number of hydrogen-bond acceptors (Lipinski definition) is 5. The summed E-state index contributed by atoms with van der Waals surface area (Å²) in [5.41, 5.74) is 0. The van der Waals surface area contributed by atoms with Gasteiger partial charge in [0.05, 0.1) is 12.7 Å². The van der Waals surface area contributed by atoms with E-state index < -0.39 is 27.2 Å². The summed E-state index contributed by atoms with van der Waals surface area (Å²) >= 11 is 1.56. The zero-order chi connectivity index (χ0) is 22.0. The molecule has 0 radical (unpaired) electrons. The fraction of sp³-hybridized carbons (Fsp3) is 0.905. The molecule has 29 heavy (non-hydrogen) atoms. The predicted octanol–water partition coefficient (Wildman–Crippen LogP) is 7.87. The van der Waals surface area contributed by atoms with Gasteiger partial charge in [-0.25, -0.2) is 0 Å². The highest BCUT2D eigenvalue weighted by Gasteiger charge is 2.57. The van der Waals surface area contributed by atoms with Crippen LogP contribution in [0.5, 0.6) is 0 Å². The largest absolute Gasteiger partial charge is 0.414 e. The molecule has 0 bridgehead atoms. The normalized spacial score (nSPS) is 17.4. The molecule has 0 amide bonds. The zero-order valence-corrected chi connectivity index (χ0v) is 21.6. The second-order valence-corrected chi connectivity index (χ2v) is 11.7. The van der Waals surface area contributed by atoms with Crippen molar-refractivity contribution in [2.75, 3.05) is 12.4 Å². The summed E-state index contributed by atoms with van der Waals surface area (Å²) in [6, 6.07) is 0. The van der Waals surface area contributed by atoms with Gasteiger partial charge in [-0.2, -0.15) is 0 Å². The molecule has 0 aromatic heterocycles. The first-order chi connectivity index (χ1) is 13.9. The van der Waals surface area contributed by atoms with Crippen LogP contribution >= 0.6 is 27.8 Å². The van der Waals surface area contributed by atoms with E-state index in [4.69, 9.17) is 9.26 Å². The van der Waals surface area contributed by atoms with Crippen molar-refractivity contribution in [2.45, 2.75) is 110 Å². The van der Waals surface area contributed by atoms with Crippen molar-refractivity contribution in [3.63, 3.8) is 0 Å². The van der Waals surface area contributed by atoms with Gasteiger partial charge in [0.2, 0.25) is 0 Å². The molecular weight excluding hydrogens is 426 g/mol. The molecule has 0 aliphatic heterocycles. The molecule has 0 saturated carbocycles. The number of unbranched alkanes of at least 4 members (excludes halogenated alkanes) is 9. The summed E-state index contributed by atoms with van der Waals surface area (Å²) in [6.07, 6.45) is 14.6.